The first-order valence-corrected chi connectivity index (χ1v) is 11.2. The van der Waals surface area contributed by atoms with Gasteiger partial charge in [0.2, 0.25) is 0 Å². The van der Waals surface area contributed by atoms with Gasteiger partial charge >= 0.3 is 11.8 Å². The molecule has 0 saturated carbocycles. The van der Waals surface area contributed by atoms with Gasteiger partial charge in [-0.3, -0.25) is 9.59 Å². The highest BCUT2D eigenvalue weighted by molar-refractivity contribution is 6.39. The number of hydrazone groups is 1. The molecule has 7 heteroatoms. The van der Waals surface area contributed by atoms with E-state index in [1.165, 1.54) is 6.21 Å². The summed E-state index contributed by atoms with van der Waals surface area (Å²) in [6.07, 6.45) is 1.45. The molecule has 0 aliphatic carbocycles. The summed E-state index contributed by atoms with van der Waals surface area (Å²) in [6, 6.07) is 28.3. The number of rotatable bonds is 8. The van der Waals surface area contributed by atoms with Crippen LogP contribution in [0.3, 0.4) is 0 Å². The molecule has 0 bridgehead atoms. The summed E-state index contributed by atoms with van der Waals surface area (Å²) in [5.41, 5.74) is 4.52. The van der Waals surface area contributed by atoms with Gasteiger partial charge in [0, 0.05) is 5.69 Å². The molecule has 0 unspecified atom stereocenters. The molecule has 0 atom stereocenters. The first kappa shape index (κ1) is 23.5. The van der Waals surface area contributed by atoms with Gasteiger partial charge in [0.1, 0.15) is 18.1 Å². The van der Waals surface area contributed by atoms with Crippen LogP contribution in [-0.2, 0) is 16.2 Å². The van der Waals surface area contributed by atoms with Crippen LogP contribution >= 0.6 is 0 Å². The molecule has 4 aromatic carbocycles. The lowest BCUT2D eigenvalue weighted by atomic mass is 10.1. The van der Waals surface area contributed by atoms with Crippen molar-refractivity contribution in [1.29, 1.82) is 0 Å². The van der Waals surface area contributed by atoms with Crippen LogP contribution in [0.15, 0.2) is 96.1 Å². The summed E-state index contributed by atoms with van der Waals surface area (Å²) >= 11 is 0. The summed E-state index contributed by atoms with van der Waals surface area (Å²) in [5, 5.41) is 8.71. The fourth-order valence-electron chi connectivity index (χ4n) is 3.47. The summed E-state index contributed by atoms with van der Waals surface area (Å²) in [6.45, 7) is 2.85. The monoisotopic (exact) mass is 467 g/mol. The first-order chi connectivity index (χ1) is 17.1. The van der Waals surface area contributed by atoms with Gasteiger partial charge in [-0.1, -0.05) is 54.6 Å². The van der Waals surface area contributed by atoms with Gasteiger partial charge in [-0.15, -0.1) is 0 Å². The molecule has 2 amide bonds. The third kappa shape index (κ3) is 6.45. The van der Waals surface area contributed by atoms with E-state index in [9.17, 15) is 9.59 Å². The number of carbonyl (C=O) groups is 2. The highest BCUT2D eigenvalue weighted by Gasteiger charge is 2.12. The molecule has 0 aromatic heterocycles. The molecule has 0 aliphatic heterocycles. The molecular formula is C28H25N3O4. The molecule has 0 heterocycles. The van der Waals surface area contributed by atoms with E-state index in [2.05, 4.69) is 34.0 Å². The van der Waals surface area contributed by atoms with E-state index < -0.39 is 11.8 Å². The van der Waals surface area contributed by atoms with E-state index in [0.717, 1.165) is 16.3 Å². The van der Waals surface area contributed by atoms with E-state index in [1.807, 2.05) is 49.4 Å². The van der Waals surface area contributed by atoms with Gasteiger partial charge < -0.3 is 14.8 Å². The second-order valence-corrected chi connectivity index (χ2v) is 7.61. The summed E-state index contributed by atoms with van der Waals surface area (Å²) in [7, 11) is 0. The lowest BCUT2D eigenvalue weighted by Crippen LogP contribution is -2.32. The number of amides is 2. The summed E-state index contributed by atoms with van der Waals surface area (Å²) in [4.78, 5) is 24.1. The van der Waals surface area contributed by atoms with E-state index in [-0.39, 0.29) is 0 Å². The van der Waals surface area contributed by atoms with Gasteiger partial charge in [0.15, 0.2) is 0 Å². The molecule has 2 N–H and O–H groups in total. The van der Waals surface area contributed by atoms with Crippen LogP contribution in [0.2, 0.25) is 0 Å². The van der Waals surface area contributed by atoms with Crippen molar-refractivity contribution in [2.75, 3.05) is 11.9 Å². The zero-order valence-electron chi connectivity index (χ0n) is 19.2. The van der Waals surface area contributed by atoms with Crippen LogP contribution in [0.4, 0.5) is 5.69 Å². The lowest BCUT2D eigenvalue weighted by Gasteiger charge is -2.09. The Morgan fingerprint density at radius 3 is 2.43 bits per heavy atom. The third-order valence-electron chi connectivity index (χ3n) is 5.14. The second kappa shape index (κ2) is 11.5. The maximum Gasteiger partial charge on any atom is 0.329 e. The number of fused-ring (bicyclic) bond motifs is 1. The van der Waals surface area contributed by atoms with Crippen molar-refractivity contribution in [2.24, 2.45) is 5.10 Å². The van der Waals surface area contributed by atoms with Crippen molar-refractivity contribution in [1.82, 2.24) is 5.43 Å². The van der Waals surface area contributed by atoms with Crippen LogP contribution in [0.1, 0.15) is 18.1 Å². The van der Waals surface area contributed by atoms with Crippen LogP contribution in [0.5, 0.6) is 11.5 Å². The van der Waals surface area contributed by atoms with Gasteiger partial charge in [-0.2, -0.15) is 5.10 Å². The predicted molar refractivity (Wildman–Crippen MR) is 137 cm³/mol. The molecule has 0 saturated heterocycles. The Kier molecular flexibility index (Phi) is 7.70. The van der Waals surface area contributed by atoms with Crippen molar-refractivity contribution in [3.8, 4) is 11.5 Å². The minimum Gasteiger partial charge on any atom is -0.494 e. The molecular weight excluding hydrogens is 442 g/mol. The zero-order chi connectivity index (χ0) is 24.5. The minimum absolute atomic E-state index is 0.421. The number of anilines is 1. The maximum atomic E-state index is 12.1. The highest BCUT2D eigenvalue weighted by atomic mass is 16.5. The van der Waals surface area contributed by atoms with Crippen LogP contribution in [0, 0.1) is 0 Å². The first-order valence-electron chi connectivity index (χ1n) is 11.2. The Bertz CT molecular complexity index is 1340. The van der Waals surface area contributed by atoms with Crippen molar-refractivity contribution in [3.05, 3.63) is 102 Å². The molecule has 176 valence electrons. The largest absolute Gasteiger partial charge is 0.494 e. The molecule has 0 radical (unpaired) electrons. The third-order valence-corrected chi connectivity index (χ3v) is 5.14. The van der Waals surface area contributed by atoms with Crippen molar-refractivity contribution in [2.45, 2.75) is 13.5 Å². The van der Waals surface area contributed by atoms with Crippen molar-refractivity contribution in [3.63, 3.8) is 0 Å². The number of carbonyl (C=O) groups excluding carboxylic acids is 2. The molecule has 0 fully saturated rings. The van der Waals surface area contributed by atoms with Gasteiger partial charge in [0.05, 0.1) is 12.8 Å². The Labute approximate surface area is 203 Å². The Morgan fingerprint density at radius 1 is 0.829 bits per heavy atom. The number of nitrogens with zero attached hydrogens (tertiary/aromatic N) is 1. The number of nitrogens with one attached hydrogen (secondary N) is 2. The second-order valence-electron chi connectivity index (χ2n) is 7.61. The fourth-order valence-corrected chi connectivity index (χ4v) is 3.47. The topological polar surface area (TPSA) is 89.0 Å². The highest BCUT2D eigenvalue weighted by Crippen LogP contribution is 2.21. The van der Waals surface area contributed by atoms with Crippen molar-refractivity contribution < 1.29 is 19.1 Å². The molecule has 4 aromatic rings. The van der Waals surface area contributed by atoms with Gasteiger partial charge in [0.25, 0.3) is 0 Å². The van der Waals surface area contributed by atoms with Crippen LogP contribution in [-0.4, -0.2) is 24.6 Å². The average molecular weight is 468 g/mol. The predicted octanol–water partition coefficient (Wildman–Crippen LogP) is 4.91. The van der Waals surface area contributed by atoms with Gasteiger partial charge in [-0.25, -0.2) is 5.43 Å². The van der Waals surface area contributed by atoms with Crippen LogP contribution < -0.4 is 20.2 Å². The molecule has 7 nitrogen and oxygen atoms in total. The maximum absolute atomic E-state index is 12.1. The smallest absolute Gasteiger partial charge is 0.329 e. The SMILES string of the molecule is CCOc1ccc(NC(=O)C(=O)N/N=C/c2cccc(OCc3cccc4ccccc34)c2)cc1. The standard InChI is InChI=1S/C28H25N3O4/c1-2-34-24-15-13-23(14-16-24)30-27(32)28(33)31-29-18-20-7-5-11-25(17-20)35-19-22-10-6-9-21-8-3-4-12-26(21)22/h3-18H,2,19H2,1H3,(H,30,32)(H,31,33)/b29-18+. The lowest BCUT2D eigenvalue weighted by molar-refractivity contribution is -0.136. The quantitative estimate of drug-likeness (QED) is 0.219. The summed E-state index contributed by atoms with van der Waals surface area (Å²) < 4.78 is 11.3. The Balaban J connectivity index is 1.30. The molecule has 0 aliphatic rings. The molecule has 35 heavy (non-hydrogen) atoms. The Morgan fingerprint density at radius 2 is 1.60 bits per heavy atom. The minimum atomic E-state index is -0.876. The normalized spacial score (nSPS) is 10.8. The zero-order valence-corrected chi connectivity index (χ0v) is 19.2. The average Bonchev–Trinajstić information content (AvgIpc) is 2.89. The molecule has 0 spiro atoms. The van der Waals surface area contributed by atoms with Crippen molar-refractivity contribution >= 4 is 34.5 Å². The number of hydrogen-bond acceptors (Lipinski definition) is 5. The molecule has 4 rings (SSSR count). The van der Waals surface area contributed by atoms with Gasteiger partial charge in [-0.05, 0) is 65.2 Å². The van der Waals surface area contributed by atoms with E-state index >= 15 is 0 Å². The van der Waals surface area contributed by atoms with Crippen LogP contribution in [0.25, 0.3) is 10.8 Å². The number of ether oxygens (including phenoxy) is 2. The fraction of sp³-hybridized carbons (Fsp3) is 0.107. The van der Waals surface area contributed by atoms with E-state index in [4.69, 9.17) is 9.47 Å². The Hall–Kier alpha value is -4.65. The van der Waals surface area contributed by atoms with E-state index in [1.54, 1.807) is 30.3 Å². The number of hydrogen-bond donors (Lipinski definition) is 2. The number of benzene rings is 4. The summed E-state index contributed by atoms with van der Waals surface area (Å²) in [5.74, 6) is -0.346. The van der Waals surface area contributed by atoms with E-state index in [0.29, 0.717) is 36.0 Å².